The predicted octanol–water partition coefficient (Wildman–Crippen LogP) is 2.41. The molecule has 3 N–H and O–H groups in total. The van der Waals surface area contributed by atoms with E-state index < -0.39 is 11.6 Å². The maximum atomic E-state index is 11.5. The lowest BCUT2D eigenvalue weighted by atomic mass is 10.0. The fourth-order valence-electron chi connectivity index (χ4n) is 2.85. The summed E-state index contributed by atoms with van der Waals surface area (Å²) in [5.41, 5.74) is 7.18. The number of rotatable bonds is 3. The second-order valence-corrected chi connectivity index (χ2v) is 6.49. The van der Waals surface area contributed by atoms with Crippen LogP contribution in [0.4, 0.5) is 16.2 Å². The molecule has 0 aliphatic carbocycles. The van der Waals surface area contributed by atoms with Gasteiger partial charge >= 0.3 is 6.09 Å². The third-order valence-electron chi connectivity index (χ3n) is 3.95. The predicted molar refractivity (Wildman–Crippen MR) is 83.5 cm³/mol. The molecule has 116 valence electrons. The zero-order chi connectivity index (χ0) is 15.6. The van der Waals surface area contributed by atoms with Gasteiger partial charge in [-0.05, 0) is 39.7 Å². The molecule has 0 aromatic carbocycles. The van der Waals surface area contributed by atoms with Gasteiger partial charge in [-0.25, -0.2) is 4.79 Å². The van der Waals surface area contributed by atoms with Crippen molar-refractivity contribution in [2.45, 2.75) is 45.2 Å². The molecule has 6 heteroatoms. The molecule has 1 fully saturated rings. The molecule has 1 saturated heterocycles. The van der Waals surface area contributed by atoms with Gasteiger partial charge in [-0.2, -0.15) is 0 Å². The van der Waals surface area contributed by atoms with E-state index in [0.29, 0.717) is 12.2 Å². The molecule has 1 amide bonds. The van der Waals surface area contributed by atoms with E-state index in [9.17, 15) is 9.90 Å². The van der Waals surface area contributed by atoms with Gasteiger partial charge in [0.05, 0.1) is 17.6 Å². The Balaban J connectivity index is 2.19. The Morgan fingerprint density at radius 3 is 2.86 bits per heavy atom. The summed E-state index contributed by atoms with van der Waals surface area (Å²) in [6.07, 6.45) is 4.51. The van der Waals surface area contributed by atoms with E-state index in [1.165, 1.54) is 4.90 Å². The average molecular weight is 292 g/mol. The van der Waals surface area contributed by atoms with Crippen LogP contribution in [-0.2, 0) is 0 Å². The first-order valence-corrected chi connectivity index (χ1v) is 7.27. The number of carboxylic acid groups (broad SMARTS) is 1. The summed E-state index contributed by atoms with van der Waals surface area (Å²) in [7, 11) is 0. The highest BCUT2D eigenvalue weighted by Crippen LogP contribution is 2.31. The molecule has 2 heterocycles. The zero-order valence-electron chi connectivity index (χ0n) is 12.9. The molecule has 0 unspecified atom stereocenters. The number of anilines is 2. The Labute approximate surface area is 125 Å². The van der Waals surface area contributed by atoms with Gasteiger partial charge in [0.25, 0.3) is 0 Å². The number of nitrogens with two attached hydrogens (primary N) is 1. The van der Waals surface area contributed by atoms with E-state index in [4.69, 9.17) is 5.73 Å². The summed E-state index contributed by atoms with van der Waals surface area (Å²) < 4.78 is 0. The van der Waals surface area contributed by atoms with Crippen LogP contribution in [0.3, 0.4) is 0 Å². The SMILES string of the molecule is CC(C)(C)N(C[C@H]1CCCN1c1ccncc1N)C(=O)O. The highest BCUT2D eigenvalue weighted by atomic mass is 16.4. The number of aromatic nitrogens is 1. The van der Waals surface area contributed by atoms with Crippen molar-refractivity contribution < 1.29 is 9.90 Å². The standard InChI is InChI=1S/C15H24N4O2/c1-15(2,3)19(14(20)21)10-11-5-4-8-18(11)13-6-7-17-9-12(13)16/h6-7,9,11H,4-5,8,10,16H2,1-3H3,(H,20,21)/t11-/m1/s1. The van der Waals surface area contributed by atoms with Gasteiger partial charge in [0.15, 0.2) is 0 Å². The second-order valence-electron chi connectivity index (χ2n) is 6.49. The van der Waals surface area contributed by atoms with Gasteiger partial charge in [0, 0.05) is 30.9 Å². The van der Waals surface area contributed by atoms with Crippen LogP contribution in [0.25, 0.3) is 0 Å². The zero-order valence-corrected chi connectivity index (χ0v) is 12.9. The number of hydrogen-bond acceptors (Lipinski definition) is 4. The number of amides is 1. The maximum Gasteiger partial charge on any atom is 0.407 e. The fourth-order valence-corrected chi connectivity index (χ4v) is 2.85. The minimum atomic E-state index is -0.878. The molecule has 0 saturated carbocycles. The van der Waals surface area contributed by atoms with Crippen molar-refractivity contribution in [3.63, 3.8) is 0 Å². The molecule has 1 atom stereocenters. The van der Waals surface area contributed by atoms with Crippen LogP contribution in [0.5, 0.6) is 0 Å². The van der Waals surface area contributed by atoms with Gasteiger partial charge < -0.3 is 20.6 Å². The molecule has 1 aromatic heterocycles. The maximum absolute atomic E-state index is 11.5. The molecule has 1 aliphatic heterocycles. The van der Waals surface area contributed by atoms with Gasteiger partial charge in [0.1, 0.15) is 0 Å². The number of carbonyl (C=O) groups is 1. The Kier molecular flexibility index (Phi) is 4.25. The summed E-state index contributed by atoms with van der Waals surface area (Å²) >= 11 is 0. The van der Waals surface area contributed by atoms with Crippen molar-refractivity contribution in [2.24, 2.45) is 0 Å². The molecular weight excluding hydrogens is 268 g/mol. The van der Waals surface area contributed by atoms with Crippen molar-refractivity contribution >= 4 is 17.5 Å². The lowest BCUT2D eigenvalue weighted by molar-refractivity contribution is 0.0963. The highest BCUT2D eigenvalue weighted by molar-refractivity contribution is 5.68. The third-order valence-corrected chi connectivity index (χ3v) is 3.95. The number of hydrogen-bond donors (Lipinski definition) is 2. The van der Waals surface area contributed by atoms with E-state index in [1.807, 2.05) is 26.8 Å². The summed E-state index contributed by atoms with van der Waals surface area (Å²) in [4.78, 5) is 19.2. The quantitative estimate of drug-likeness (QED) is 0.894. The smallest absolute Gasteiger partial charge is 0.407 e. The first-order chi connectivity index (χ1) is 9.80. The number of nitrogens with zero attached hydrogens (tertiary/aromatic N) is 3. The fraction of sp³-hybridized carbons (Fsp3) is 0.600. The van der Waals surface area contributed by atoms with Crippen molar-refractivity contribution in [2.75, 3.05) is 23.7 Å². The highest BCUT2D eigenvalue weighted by Gasteiger charge is 2.33. The monoisotopic (exact) mass is 292 g/mol. The van der Waals surface area contributed by atoms with Crippen LogP contribution in [0, 0.1) is 0 Å². The Morgan fingerprint density at radius 1 is 1.57 bits per heavy atom. The normalized spacial score (nSPS) is 18.8. The Hall–Kier alpha value is -1.98. The molecule has 0 spiro atoms. The molecule has 1 aromatic rings. The van der Waals surface area contributed by atoms with Crippen molar-refractivity contribution in [1.82, 2.24) is 9.88 Å². The van der Waals surface area contributed by atoms with Gasteiger partial charge in [-0.15, -0.1) is 0 Å². The molecule has 21 heavy (non-hydrogen) atoms. The third kappa shape index (κ3) is 3.37. The number of pyridine rings is 1. The van der Waals surface area contributed by atoms with Crippen LogP contribution < -0.4 is 10.6 Å². The molecule has 0 radical (unpaired) electrons. The number of nitrogen functional groups attached to an aromatic ring is 1. The summed E-state index contributed by atoms with van der Waals surface area (Å²) in [5, 5.41) is 9.45. The van der Waals surface area contributed by atoms with E-state index in [-0.39, 0.29) is 6.04 Å². The van der Waals surface area contributed by atoms with Gasteiger partial charge in [0.2, 0.25) is 0 Å². The second kappa shape index (κ2) is 5.79. The van der Waals surface area contributed by atoms with E-state index >= 15 is 0 Å². The first kappa shape index (κ1) is 15.4. The molecular formula is C15H24N4O2. The van der Waals surface area contributed by atoms with Crippen LogP contribution in [0.1, 0.15) is 33.6 Å². The topological polar surface area (TPSA) is 82.7 Å². The molecule has 6 nitrogen and oxygen atoms in total. The Bertz CT molecular complexity index is 513. The summed E-state index contributed by atoms with van der Waals surface area (Å²) in [5.74, 6) is 0. The van der Waals surface area contributed by atoms with E-state index in [1.54, 1.807) is 12.4 Å². The van der Waals surface area contributed by atoms with E-state index in [0.717, 1.165) is 25.1 Å². The van der Waals surface area contributed by atoms with Crippen LogP contribution in [0.15, 0.2) is 18.5 Å². The van der Waals surface area contributed by atoms with Crippen LogP contribution in [0.2, 0.25) is 0 Å². The van der Waals surface area contributed by atoms with Crippen LogP contribution in [-0.4, -0.2) is 45.8 Å². The first-order valence-electron chi connectivity index (χ1n) is 7.27. The molecule has 1 aliphatic rings. The molecule has 0 bridgehead atoms. The minimum Gasteiger partial charge on any atom is -0.465 e. The van der Waals surface area contributed by atoms with Gasteiger partial charge in [-0.3, -0.25) is 4.98 Å². The largest absolute Gasteiger partial charge is 0.465 e. The summed E-state index contributed by atoms with van der Waals surface area (Å²) in [6.45, 7) is 7.14. The van der Waals surface area contributed by atoms with E-state index in [2.05, 4.69) is 9.88 Å². The lowest BCUT2D eigenvalue weighted by Crippen LogP contribution is -2.51. The Morgan fingerprint density at radius 2 is 2.29 bits per heavy atom. The summed E-state index contributed by atoms with van der Waals surface area (Å²) in [6, 6.07) is 2.06. The van der Waals surface area contributed by atoms with Crippen molar-refractivity contribution in [3.8, 4) is 0 Å². The molecule has 2 rings (SSSR count). The average Bonchev–Trinajstić information content (AvgIpc) is 2.82. The lowest BCUT2D eigenvalue weighted by Gasteiger charge is -2.38. The minimum absolute atomic E-state index is 0.157. The van der Waals surface area contributed by atoms with Gasteiger partial charge in [-0.1, -0.05) is 0 Å². The van der Waals surface area contributed by atoms with Crippen molar-refractivity contribution in [1.29, 1.82) is 0 Å². The van der Waals surface area contributed by atoms with Crippen molar-refractivity contribution in [3.05, 3.63) is 18.5 Å². The van der Waals surface area contributed by atoms with Crippen LogP contribution >= 0.6 is 0 Å².